The molecule has 2 N–H and O–H groups in total. The van der Waals surface area contributed by atoms with Gasteiger partial charge in [-0.05, 0) is 12.8 Å². The molecule has 4 atom stereocenters. The molecule has 0 heterocycles. The molecule has 1 saturated carbocycles. The Morgan fingerprint density at radius 2 is 1.32 bits per heavy atom. The monoisotopic (exact) mass is 298 g/mol. The summed E-state index contributed by atoms with van der Waals surface area (Å²) in [4.78, 5) is 0. The Morgan fingerprint density at radius 3 is 1.63 bits per heavy atom. The van der Waals surface area contributed by atoms with Crippen LogP contribution in [0.4, 0.5) is 30.7 Å². The van der Waals surface area contributed by atoms with Gasteiger partial charge >= 0.3 is 17.7 Å². The summed E-state index contributed by atoms with van der Waals surface area (Å²) in [6.45, 7) is 1.04. The fourth-order valence-electron chi connectivity index (χ4n) is 2.24. The molecule has 0 aromatic rings. The van der Waals surface area contributed by atoms with Crippen molar-refractivity contribution in [2.45, 2.75) is 55.9 Å². The Hall–Kier alpha value is -0.570. The Morgan fingerprint density at radius 1 is 0.947 bits per heavy atom. The number of rotatable bonds is 1. The van der Waals surface area contributed by atoms with Gasteiger partial charge in [-0.1, -0.05) is 13.8 Å². The number of alkyl halides is 7. The summed E-state index contributed by atoms with van der Waals surface area (Å²) in [6, 6.07) is 0. The zero-order chi connectivity index (χ0) is 15.7. The molecule has 0 radical (unpaired) electrons. The van der Waals surface area contributed by atoms with Gasteiger partial charge in [-0.3, -0.25) is 0 Å². The minimum absolute atomic E-state index is 0.296. The first kappa shape index (κ1) is 16.5. The topological polar surface area (TPSA) is 40.5 Å². The van der Waals surface area contributed by atoms with E-state index in [0.717, 1.165) is 0 Å². The lowest BCUT2D eigenvalue weighted by atomic mass is 9.63. The second kappa shape index (κ2) is 3.75. The molecule has 0 aromatic carbocycles. The molecular weight excluding hydrogens is 285 g/mol. The summed E-state index contributed by atoms with van der Waals surface area (Å²) in [5.41, 5.74) is -9.17. The summed E-state index contributed by atoms with van der Waals surface area (Å²) < 4.78 is 94.9. The molecule has 0 amide bonds. The molecule has 4 unspecified atom stereocenters. The lowest BCUT2D eigenvalue weighted by Gasteiger charge is -2.56. The van der Waals surface area contributed by atoms with E-state index in [9.17, 15) is 35.8 Å². The van der Waals surface area contributed by atoms with E-state index < -0.39 is 41.1 Å². The Labute approximate surface area is 104 Å². The smallest absolute Gasteiger partial charge is 0.344 e. The van der Waals surface area contributed by atoms with Crippen molar-refractivity contribution in [3.63, 3.8) is 0 Å². The van der Waals surface area contributed by atoms with Gasteiger partial charge < -0.3 is 10.2 Å². The van der Waals surface area contributed by atoms with Crippen LogP contribution in [0.25, 0.3) is 0 Å². The molecule has 0 bridgehead atoms. The molecule has 114 valence electrons. The van der Waals surface area contributed by atoms with Crippen LogP contribution in [-0.2, 0) is 0 Å². The molecule has 0 aromatic heterocycles. The van der Waals surface area contributed by atoms with Gasteiger partial charge in [-0.15, -0.1) is 0 Å². The van der Waals surface area contributed by atoms with Crippen molar-refractivity contribution in [1.82, 2.24) is 0 Å². The molecule has 0 saturated heterocycles. The highest BCUT2D eigenvalue weighted by atomic mass is 19.3. The summed E-state index contributed by atoms with van der Waals surface area (Å²) in [5.74, 6) is -18.2. The first-order valence-corrected chi connectivity index (χ1v) is 5.32. The van der Waals surface area contributed by atoms with Crippen molar-refractivity contribution in [3.05, 3.63) is 0 Å². The van der Waals surface area contributed by atoms with Crippen LogP contribution in [0.3, 0.4) is 0 Å². The standard InChI is InChI=1S/C10H13F7O2/c1-4(2)7(18)8(13,14)5(11)6(3,12)9(15,16)10(7,17)19/h4-5,18-19H,1-3H3. The number of halogens is 7. The van der Waals surface area contributed by atoms with E-state index in [2.05, 4.69) is 0 Å². The van der Waals surface area contributed by atoms with E-state index in [-0.39, 0.29) is 6.92 Å². The van der Waals surface area contributed by atoms with Crippen molar-refractivity contribution in [2.24, 2.45) is 5.92 Å². The maximum atomic E-state index is 13.8. The van der Waals surface area contributed by atoms with Gasteiger partial charge in [-0.2, -0.15) is 17.6 Å². The third kappa shape index (κ3) is 1.45. The van der Waals surface area contributed by atoms with E-state index in [0.29, 0.717) is 13.8 Å². The van der Waals surface area contributed by atoms with Crippen molar-refractivity contribution in [3.8, 4) is 0 Å². The number of hydrogen-bond donors (Lipinski definition) is 2. The van der Waals surface area contributed by atoms with Crippen LogP contribution in [0.5, 0.6) is 0 Å². The van der Waals surface area contributed by atoms with Crippen LogP contribution in [-0.4, -0.2) is 45.4 Å². The lowest BCUT2D eigenvalue weighted by molar-refractivity contribution is -0.453. The summed E-state index contributed by atoms with van der Waals surface area (Å²) >= 11 is 0. The summed E-state index contributed by atoms with van der Waals surface area (Å²) in [6.07, 6.45) is -4.20. The van der Waals surface area contributed by atoms with Crippen LogP contribution < -0.4 is 0 Å². The van der Waals surface area contributed by atoms with Gasteiger partial charge in [0.1, 0.15) is 0 Å². The van der Waals surface area contributed by atoms with Crippen LogP contribution >= 0.6 is 0 Å². The predicted octanol–water partition coefficient (Wildman–Crippen LogP) is 2.38. The summed E-state index contributed by atoms with van der Waals surface area (Å²) in [5, 5.41) is 18.5. The molecule has 0 spiro atoms. The first-order chi connectivity index (χ1) is 8.10. The van der Waals surface area contributed by atoms with Crippen LogP contribution in [0, 0.1) is 5.92 Å². The Kier molecular flexibility index (Phi) is 3.25. The van der Waals surface area contributed by atoms with E-state index >= 15 is 0 Å². The molecule has 9 heteroatoms. The van der Waals surface area contributed by atoms with Gasteiger partial charge in [-0.25, -0.2) is 13.2 Å². The second-order valence-electron chi connectivity index (χ2n) is 5.18. The molecule has 1 aliphatic rings. The molecule has 1 rings (SSSR count). The number of hydrogen-bond acceptors (Lipinski definition) is 2. The Bertz CT molecular complexity index is 380. The molecule has 1 aliphatic carbocycles. The van der Waals surface area contributed by atoms with E-state index in [1.165, 1.54) is 0 Å². The highest BCUT2D eigenvalue weighted by molar-refractivity contribution is 5.25. The van der Waals surface area contributed by atoms with E-state index in [4.69, 9.17) is 5.11 Å². The third-order valence-electron chi connectivity index (χ3n) is 3.67. The minimum atomic E-state index is -5.57. The highest BCUT2D eigenvalue weighted by Crippen LogP contribution is 2.63. The molecule has 19 heavy (non-hydrogen) atoms. The average molecular weight is 298 g/mol. The number of aliphatic hydroxyl groups is 2. The third-order valence-corrected chi connectivity index (χ3v) is 3.67. The molecule has 1 fully saturated rings. The fourth-order valence-corrected chi connectivity index (χ4v) is 2.24. The Balaban J connectivity index is 3.68. The van der Waals surface area contributed by atoms with Crippen molar-refractivity contribution < 1.29 is 40.9 Å². The average Bonchev–Trinajstić information content (AvgIpc) is 2.23. The van der Waals surface area contributed by atoms with Crippen molar-refractivity contribution in [2.75, 3.05) is 0 Å². The maximum Gasteiger partial charge on any atom is 0.344 e. The maximum absolute atomic E-state index is 13.8. The molecular formula is C10H13F7O2. The van der Waals surface area contributed by atoms with Crippen molar-refractivity contribution >= 4 is 0 Å². The SMILES string of the molecule is CC(C)C1(O)C(F)(F)C(F)C(C)(F)C(F)(F)C1(O)F. The van der Waals surface area contributed by atoms with Gasteiger partial charge in [0.05, 0.1) is 0 Å². The van der Waals surface area contributed by atoms with Crippen molar-refractivity contribution in [1.29, 1.82) is 0 Å². The summed E-state index contributed by atoms with van der Waals surface area (Å²) in [7, 11) is 0. The fraction of sp³-hybridized carbons (Fsp3) is 1.00. The molecule has 0 aliphatic heterocycles. The van der Waals surface area contributed by atoms with Gasteiger partial charge in [0.15, 0.2) is 5.60 Å². The normalized spacial score (nSPS) is 49.4. The van der Waals surface area contributed by atoms with Gasteiger partial charge in [0, 0.05) is 0 Å². The predicted molar refractivity (Wildman–Crippen MR) is 50.1 cm³/mol. The molecule has 2 nitrogen and oxygen atoms in total. The van der Waals surface area contributed by atoms with E-state index in [1.54, 1.807) is 0 Å². The quantitative estimate of drug-likeness (QED) is 0.730. The second-order valence-corrected chi connectivity index (χ2v) is 5.18. The first-order valence-electron chi connectivity index (χ1n) is 5.32. The minimum Gasteiger partial charge on any atom is -0.378 e. The zero-order valence-electron chi connectivity index (χ0n) is 10.2. The lowest BCUT2D eigenvalue weighted by Crippen LogP contribution is -2.84. The van der Waals surface area contributed by atoms with Crippen LogP contribution in [0.2, 0.25) is 0 Å². The zero-order valence-corrected chi connectivity index (χ0v) is 10.2. The van der Waals surface area contributed by atoms with E-state index in [1.807, 2.05) is 0 Å². The van der Waals surface area contributed by atoms with Crippen LogP contribution in [0.1, 0.15) is 20.8 Å². The largest absolute Gasteiger partial charge is 0.378 e. The van der Waals surface area contributed by atoms with Crippen LogP contribution in [0.15, 0.2) is 0 Å². The van der Waals surface area contributed by atoms with Gasteiger partial charge in [0.2, 0.25) is 11.8 Å². The highest BCUT2D eigenvalue weighted by Gasteiger charge is 2.90. The van der Waals surface area contributed by atoms with Gasteiger partial charge in [0.25, 0.3) is 0 Å².